The van der Waals surface area contributed by atoms with Crippen molar-refractivity contribution in [2.24, 2.45) is 0 Å². The van der Waals surface area contributed by atoms with Crippen LogP contribution in [0.25, 0.3) is 33.9 Å². The van der Waals surface area contributed by atoms with Crippen LogP contribution < -0.4 is 5.63 Å². The SMILES string of the molecule is Cc1ccc(/C=C(\C#N)c2nc(-c3cc4ccccc4oc3=O)cs2)s1. The Hall–Kier alpha value is -3.01. The number of thiazole rings is 1. The molecule has 4 nitrogen and oxygen atoms in total. The van der Waals surface area contributed by atoms with Crippen LogP contribution in [0.1, 0.15) is 14.8 Å². The first-order valence-electron chi connectivity index (χ1n) is 7.81. The molecule has 0 aliphatic rings. The van der Waals surface area contributed by atoms with Crippen LogP contribution in [-0.4, -0.2) is 4.98 Å². The molecule has 4 rings (SSSR count). The van der Waals surface area contributed by atoms with E-state index in [2.05, 4.69) is 11.1 Å². The van der Waals surface area contributed by atoms with Crippen LogP contribution in [0.5, 0.6) is 0 Å². The number of hydrogen-bond donors (Lipinski definition) is 0. The molecular formula is C20H12N2O2S2. The zero-order chi connectivity index (χ0) is 18.1. The summed E-state index contributed by atoms with van der Waals surface area (Å²) in [6, 6.07) is 15.3. The maximum absolute atomic E-state index is 12.3. The molecule has 3 heterocycles. The Morgan fingerprint density at radius 1 is 1.27 bits per heavy atom. The Balaban J connectivity index is 1.76. The molecule has 0 radical (unpaired) electrons. The quantitative estimate of drug-likeness (QED) is 0.357. The molecule has 6 heteroatoms. The molecule has 0 aliphatic heterocycles. The Morgan fingerprint density at radius 3 is 2.88 bits per heavy atom. The van der Waals surface area contributed by atoms with E-state index >= 15 is 0 Å². The van der Waals surface area contributed by atoms with E-state index in [0.29, 0.717) is 27.4 Å². The molecule has 0 spiro atoms. The summed E-state index contributed by atoms with van der Waals surface area (Å²) in [5, 5.41) is 12.7. The van der Waals surface area contributed by atoms with Crippen molar-refractivity contribution in [3.8, 4) is 17.3 Å². The molecule has 0 aliphatic carbocycles. The third-order valence-electron chi connectivity index (χ3n) is 3.82. The summed E-state index contributed by atoms with van der Waals surface area (Å²) in [6.45, 7) is 2.02. The lowest BCUT2D eigenvalue weighted by atomic mass is 10.1. The summed E-state index contributed by atoms with van der Waals surface area (Å²) < 4.78 is 5.37. The van der Waals surface area contributed by atoms with E-state index in [1.165, 1.54) is 16.2 Å². The highest BCUT2D eigenvalue weighted by atomic mass is 32.1. The van der Waals surface area contributed by atoms with Crippen LogP contribution in [0, 0.1) is 18.3 Å². The molecule has 0 bridgehead atoms. The summed E-state index contributed by atoms with van der Waals surface area (Å²) in [5.41, 5.74) is 1.51. The van der Waals surface area contributed by atoms with Gasteiger partial charge in [0.15, 0.2) is 0 Å². The summed E-state index contributed by atoms with van der Waals surface area (Å²) in [7, 11) is 0. The van der Waals surface area contributed by atoms with Crippen LogP contribution in [0.15, 0.2) is 57.1 Å². The number of fused-ring (bicyclic) bond motifs is 1. The zero-order valence-electron chi connectivity index (χ0n) is 13.7. The van der Waals surface area contributed by atoms with E-state index < -0.39 is 5.63 Å². The highest BCUT2D eigenvalue weighted by Crippen LogP contribution is 2.28. The number of thiophene rings is 1. The van der Waals surface area contributed by atoms with Crippen LogP contribution >= 0.6 is 22.7 Å². The number of aromatic nitrogens is 1. The Kier molecular flexibility index (Phi) is 4.25. The lowest BCUT2D eigenvalue weighted by Gasteiger charge is -1.99. The number of nitriles is 1. The van der Waals surface area contributed by atoms with Gasteiger partial charge in [-0.15, -0.1) is 22.7 Å². The largest absolute Gasteiger partial charge is 0.422 e. The third-order valence-corrected chi connectivity index (χ3v) is 5.64. The van der Waals surface area contributed by atoms with Crippen molar-refractivity contribution in [1.29, 1.82) is 5.26 Å². The van der Waals surface area contributed by atoms with Gasteiger partial charge in [-0.05, 0) is 37.3 Å². The van der Waals surface area contributed by atoms with Gasteiger partial charge < -0.3 is 4.42 Å². The molecule has 4 aromatic rings. The fourth-order valence-corrected chi connectivity index (χ4v) is 4.18. The fraction of sp³-hybridized carbons (Fsp3) is 0.0500. The number of rotatable bonds is 3. The van der Waals surface area contributed by atoms with E-state index in [-0.39, 0.29) is 0 Å². The van der Waals surface area contributed by atoms with E-state index in [0.717, 1.165) is 10.3 Å². The number of allylic oxidation sites excluding steroid dienone is 1. The van der Waals surface area contributed by atoms with Crippen LogP contribution in [0.3, 0.4) is 0 Å². The van der Waals surface area contributed by atoms with Crippen molar-refractivity contribution >= 4 is 45.3 Å². The van der Waals surface area contributed by atoms with Crippen molar-refractivity contribution in [3.05, 3.63) is 73.0 Å². The number of benzene rings is 1. The maximum Gasteiger partial charge on any atom is 0.345 e. The predicted octanol–water partition coefficient (Wildman–Crippen LogP) is 5.35. The molecule has 0 fully saturated rings. The Morgan fingerprint density at radius 2 is 2.12 bits per heavy atom. The van der Waals surface area contributed by atoms with Crippen LogP contribution in [0.2, 0.25) is 0 Å². The molecule has 0 atom stereocenters. The lowest BCUT2D eigenvalue weighted by molar-refractivity contribution is 0.563. The molecular weight excluding hydrogens is 364 g/mol. The predicted molar refractivity (Wildman–Crippen MR) is 106 cm³/mol. The topological polar surface area (TPSA) is 66.9 Å². The molecule has 26 heavy (non-hydrogen) atoms. The first-order chi connectivity index (χ1) is 12.6. The monoisotopic (exact) mass is 376 g/mol. The number of hydrogen-bond acceptors (Lipinski definition) is 6. The lowest BCUT2D eigenvalue weighted by Crippen LogP contribution is -2.02. The summed E-state index contributed by atoms with van der Waals surface area (Å²) in [6.07, 6.45) is 1.82. The van der Waals surface area contributed by atoms with Gasteiger partial charge in [-0.3, -0.25) is 0 Å². The van der Waals surface area contributed by atoms with Gasteiger partial charge in [0.05, 0.1) is 16.8 Å². The number of aryl methyl sites for hydroxylation is 1. The average Bonchev–Trinajstić information content (AvgIpc) is 3.28. The first kappa shape index (κ1) is 16.5. The summed E-state index contributed by atoms with van der Waals surface area (Å²) in [5.74, 6) is 0. The van der Waals surface area contributed by atoms with Crippen LogP contribution in [-0.2, 0) is 0 Å². The molecule has 0 unspecified atom stereocenters. The second-order valence-electron chi connectivity index (χ2n) is 5.64. The molecule has 126 valence electrons. The molecule has 0 amide bonds. The van der Waals surface area contributed by atoms with E-state index in [4.69, 9.17) is 4.42 Å². The highest BCUT2D eigenvalue weighted by Gasteiger charge is 2.14. The molecule has 0 saturated carbocycles. The summed E-state index contributed by atoms with van der Waals surface area (Å²) in [4.78, 5) is 19.0. The van der Waals surface area contributed by atoms with E-state index in [1.807, 2.05) is 43.3 Å². The second-order valence-corrected chi connectivity index (χ2v) is 7.82. The van der Waals surface area contributed by atoms with Gasteiger partial charge in [0.2, 0.25) is 0 Å². The zero-order valence-corrected chi connectivity index (χ0v) is 15.4. The minimum absolute atomic E-state index is 0.399. The van der Waals surface area contributed by atoms with Crippen molar-refractivity contribution in [1.82, 2.24) is 4.98 Å². The standard InChI is InChI=1S/C20H12N2O2S2/c1-12-6-7-15(26-12)8-14(10-21)19-22-17(11-25-19)16-9-13-4-2-3-5-18(13)24-20(16)23/h2-9,11H,1H3/b14-8+. The molecule has 0 N–H and O–H groups in total. The molecule has 0 saturated heterocycles. The molecule has 3 aromatic heterocycles. The molecule has 1 aromatic carbocycles. The average molecular weight is 376 g/mol. The van der Waals surface area contributed by atoms with Crippen molar-refractivity contribution in [3.63, 3.8) is 0 Å². The number of para-hydroxylation sites is 1. The van der Waals surface area contributed by atoms with E-state index in [9.17, 15) is 10.1 Å². The van der Waals surface area contributed by atoms with Gasteiger partial charge in [0.25, 0.3) is 0 Å². The van der Waals surface area contributed by atoms with Gasteiger partial charge in [0, 0.05) is 20.5 Å². The van der Waals surface area contributed by atoms with Crippen molar-refractivity contribution in [2.45, 2.75) is 6.92 Å². The Labute approximate surface area is 157 Å². The van der Waals surface area contributed by atoms with Crippen LogP contribution in [0.4, 0.5) is 0 Å². The van der Waals surface area contributed by atoms with Gasteiger partial charge in [0.1, 0.15) is 16.7 Å². The minimum Gasteiger partial charge on any atom is -0.422 e. The minimum atomic E-state index is -0.433. The van der Waals surface area contributed by atoms with Crippen molar-refractivity contribution < 1.29 is 4.42 Å². The first-order valence-corrected chi connectivity index (χ1v) is 9.51. The summed E-state index contributed by atoms with van der Waals surface area (Å²) >= 11 is 2.96. The Bertz CT molecular complexity index is 1240. The second kappa shape index (κ2) is 6.71. The number of nitrogens with zero attached hydrogens (tertiary/aromatic N) is 2. The van der Waals surface area contributed by atoms with E-state index in [1.54, 1.807) is 28.8 Å². The smallest absolute Gasteiger partial charge is 0.345 e. The third kappa shape index (κ3) is 3.10. The van der Waals surface area contributed by atoms with Gasteiger partial charge in [-0.1, -0.05) is 18.2 Å². The van der Waals surface area contributed by atoms with Gasteiger partial charge in [-0.25, -0.2) is 9.78 Å². The highest BCUT2D eigenvalue weighted by molar-refractivity contribution is 7.13. The van der Waals surface area contributed by atoms with Gasteiger partial charge >= 0.3 is 5.63 Å². The normalized spacial score (nSPS) is 11.6. The maximum atomic E-state index is 12.3. The van der Waals surface area contributed by atoms with Crippen molar-refractivity contribution in [2.75, 3.05) is 0 Å². The fourth-order valence-electron chi connectivity index (χ4n) is 2.58. The van der Waals surface area contributed by atoms with Gasteiger partial charge in [-0.2, -0.15) is 5.26 Å².